The molecule has 1 N–H and O–H groups in total. The minimum absolute atomic E-state index is 0.0125. The molecule has 1 aromatic carbocycles. The summed E-state index contributed by atoms with van der Waals surface area (Å²) in [7, 11) is 0. The predicted octanol–water partition coefficient (Wildman–Crippen LogP) is 1.97. The number of nitrogens with one attached hydrogen (secondary N) is 1. The van der Waals surface area contributed by atoms with Crippen molar-refractivity contribution in [1.82, 2.24) is 10.2 Å². The van der Waals surface area contributed by atoms with E-state index in [4.69, 9.17) is 11.6 Å². The van der Waals surface area contributed by atoms with Crippen LogP contribution in [0, 0.1) is 5.92 Å². The second-order valence-corrected chi connectivity index (χ2v) is 6.05. The van der Waals surface area contributed by atoms with Crippen LogP contribution < -0.4 is 5.32 Å². The molecule has 1 aliphatic heterocycles. The van der Waals surface area contributed by atoms with Gasteiger partial charge in [-0.1, -0.05) is 23.7 Å². The van der Waals surface area contributed by atoms with Gasteiger partial charge in [0.05, 0.1) is 0 Å². The van der Waals surface area contributed by atoms with Gasteiger partial charge in [0.2, 0.25) is 11.8 Å². The first-order chi connectivity index (χ1) is 9.56. The molecule has 2 unspecified atom stereocenters. The zero-order valence-corrected chi connectivity index (χ0v) is 12.1. The van der Waals surface area contributed by atoms with Crippen LogP contribution in [0.25, 0.3) is 0 Å². The molecule has 2 amide bonds. The fourth-order valence-corrected chi connectivity index (χ4v) is 2.99. The first-order valence-electron chi connectivity index (χ1n) is 6.91. The average molecular weight is 293 g/mol. The van der Waals surface area contributed by atoms with Gasteiger partial charge in [-0.2, -0.15) is 0 Å². The highest BCUT2D eigenvalue weighted by Gasteiger charge is 2.46. The SMILES string of the molecule is CC1NC(=O)C(C2CC2)N(Cc2cccc(Cl)c2)C1=O. The summed E-state index contributed by atoms with van der Waals surface area (Å²) in [6.45, 7) is 2.17. The second kappa shape index (κ2) is 5.09. The zero-order valence-electron chi connectivity index (χ0n) is 11.3. The summed E-state index contributed by atoms with van der Waals surface area (Å²) in [6.07, 6.45) is 2.04. The molecule has 1 saturated heterocycles. The van der Waals surface area contributed by atoms with E-state index in [0.29, 0.717) is 17.5 Å². The molecule has 4 nitrogen and oxygen atoms in total. The summed E-state index contributed by atoms with van der Waals surface area (Å²) in [5.41, 5.74) is 0.957. The Balaban J connectivity index is 1.86. The van der Waals surface area contributed by atoms with Gasteiger partial charge >= 0.3 is 0 Å². The number of piperazine rings is 1. The maximum absolute atomic E-state index is 12.4. The van der Waals surface area contributed by atoms with Crippen LogP contribution in [-0.4, -0.2) is 28.8 Å². The number of halogens is 1. The third-order valence-electron chi connectivity index (χ3n) is 3.93. The van der Waals surface area contributed by atoms with Gasteiger partial charge in [-0.3, -0.25) is 9.59 Å². The summed E-state index contributed by atoms with van der Waals surface area (Å²) < 4.78 is 0. The first-order valence-corrected chi connectivity index (χ1v) is 7.29. The zero-order chi connectivity index (χ0) is 14.3. The lowest BCUT2D eigenvalue weighted by Gasteiger charge is -2.38. The molecular formula is C15H17ClN2O2. The number of carbonyl (C=O) groups excluding carboxylic acids is 2. The van der Waals surface area contributed by atoms with Gasteiger partial charge in [0.1, 0.15) is 12.1 Å². The van der Waals surface area contributed by atoms with Gasteiger partial charge in [-0.25, -0.2) is 0 Å². The highest BCUT2D eigenvalue weighted by molar-refractivity contribution is 6.30. The van der Waals surface area contributed by atoms with Gasteiger partial charge in [0.15, 0.2) is 0 Å². The van der Waals surface area contributed by atoms with Crippen LogP contribution >= 0.6 is 11.6 Å². The molecule has 0 spiro atoms. The first kappa shape index (κ1) is 13.4. The third-order valence-corrected chi connectivity index (χ3v) is 4.16. The highest BCUT2D eigenvalue weighted by atomic mass is 35.5. The minimum atomic E-state index is -0.448. The van der Waals surface area contributed by atoms with E-state index in [1.54, 1.807) is 17.9 Å². The molecule has 106 valence electrons. The Morgan fingerprint density at radius 1 is 1.35 bits per heavy atom. The second-order valence-electron chi connectivity index (χ2n) is 5.61. The van der Waals surface area contributed by atoms with E-state index in [1.807, 2.05) is 18.2 Å². The molecule has 1 heterocycles. The quantitative estimate of drug-likeness (QED) is 0.926. The summed E-state index contributed by atoms with van der Waals surface area (Å²) >= 11 is 5.98. The molecule has 0 radical (unpaired) electrons. The van der Waals surface area contributed by atoms with Gasteiger partial charge in [-0.05, 0) is 43.4 Å². The van der Waals surface area contributed by atoms with E-state index in [1.165, 1.54) is 0 Å². The van der Waals surface area contributed by atoms with E-state index >= 15 is 0 Å². The molecule has 0 bridgehead atoms. The molecule has 1 aromatic rings. The van der Waals surface area contributed by atoms with Gasteiger partial charge in [0, 0.05) is 11.6 Å². The molecule has 2 fully saturated rings. The lowest BCUT2D eigenvalue weighted by molar-refractivity contribution is -0.150. The fraction of sp³-hybridized carbons (Fsp3) is 0.467. The van der Waals surface area contributed by atoms with Crippen LogP contribution in [0.5, 0.6) is 0 Å². The molecule has 5 heteroatoms. The Bertz CT molecular complexity index is 557. The average Bonchev–Trinajstić information content (AvgIpc) is 3.20. The van der Waals surface area contributed by atoms with Crippen molar-refractivity contribution in [2.45, 2.75) is 38.4 Å². The van der Waals surface area contributed by atoms with Crippen LogP contribution in [-0.2, 0) is 16.1 Å². The fourth-order valence-electron chi connectivity index (χ4n) is 2.78. The maximum Gasteiger partial charge on any atom is 0.245 e. The summed E-state index contributed by atoms with van der Waals surface area (Å²) in [5, 5.41) is 3.42. The van der Waals surface area contributed by atoms with Crippen LogP contribution in [0.3, 0.4) is 0 Å². The number of rotatable bonds is 3. The number of hydrogen-bond acceptors (Lipinski definition) is 2. The van der Waals surface area contributed by atoms with Crippen molar-refractivity contribution in [3.05, 3.63) is 34.9 Å². The molecular weight excluding hydrogens is 276 g/mol. The lowest BCUT2D eigenvalue weighted by atomic mass is 10.0. The van der Waals surface area contributed by atoms with Crippen molar-refractivity contribution in [2.24, 2.45) is 5.92 Å². The Morgan fingerprint density at radius 2 is 2.10 bits per heavy atom. The van der Waals surface area contributed by atoms with Gasteiger partial charge < -0.3 is 10.2 Å². The molecule has 2 aliphatic rings. The van der Waals surface area contributed by atoms with Crippen molar-refractivity contribution < 1.29 is 9.59 Å². The Hall–Kier alpha value is -1.55. The van der Waals surface area contributed by atoms with E-state index in [0.717, 1.165) is 18.4 Å². The van der Waals surface area contributed by atoms with Crippen LogP contribution in [0.2, 0.25) is 5.02 Å². The van der Waals surface area contributed by atoms with Crippen LogP contribution in [0.15, 0.2) is 24.3 Å². The van der Waals surface area contributed by atoms with E-state index in [9.17, 15) is 9.59 Å². The molecule has 20 heavy (non-hydrogen) atoms. The van der Waals surface area contributed by atoms with Crippen LogP contribution in [0.4, 0.5) is 0 Å². The number of amides is 2. The Kier molecular flexibility index (Phi) is 3.42. The Labute approximate surface area is 123 Å². The molecule has 0 aromatic heterocycles. The van der Waals surface area contributed by atoms with Crippen molar-refractivity contribution in [1.29, 1.82) is 0 Å². The lowest BCUT2D eigenvalue weighted by Crippen LogP contribution is -2.62. The number of carbonyl (C=O) groups is 2. The summed E-state index contributed by atoms with van der Waals surface area (Å²) in [5.74, 6) is 0.272. The highest BCUT2D eigenvalue weighted by Crippen LogP contribution is 2.37. The van der Waals surface area contributed by atoms with Crippen molar-refractivity contribution in [2.75, 3.05) is 0 Å². The summed E-state index contributed by atoms with van der Waals surface area (Å²) in [4.78, 5) is 26.3. The van der Waals surface area contributed by atoms with Crippen LogP contribution in [0.1, 0.15) is 25.3 Å². The minimum Gasteiger partial charge on any atom is -0.343 e. The Morgan fingerprint density at radius 3 is 2.75 bits per heavy atom. The third kappa shape index (κ3) is 2.52. The van der Waals surface area contributed by atoms with Crippen molar-refractivity contribution >= 4 is 23.4 Å². The smallest absolute Gasteiger partial charge is 0.245 e. The van der Waals surface area contributed by atoms with E-state index in [-0.39, 0.29) is 17.9 Å². The number of benzene rings is 1. The molecule has 3 rings (SSSR count). The van der Waals surface area contributed by atoms with Crippen molar-refractivity contribution in [3.8, 4) is 0 Å². The number of hydrogen-bond donors (Lipinski definition) is 1. The normalized spacial score (nSPS) is 26.6. The molecule has 1 aliphatic carbocycles. The summed E-state index contributed by atoms with van der Waals surface area (Å²) in [6, 6.07) is 6.67. The monoisotopic (exact) mass is 292 g/mol. The topological polar surface area (TPSA) is 49.4 Å². The molecule has 2 atom stereocenters. The van der Waals surface area contributed by atoms with Gasteiger partial charge in [-0.15, -0.1) is 0 Å². The predicted molar refractivity (Wildman–Crippen MR) is 76.1 cm³/mol. The standard InChI is InChI=1S/C15H17ClN2O2/c1-9-15(20)18(8-10-3-2-4-12(16)7-10)13(11-5-6-11)14(19)17-9/h2-4,7,9,11,13H,5-6,8H2,1H3,(H,17,19). The van der Waals surface area contributed by atoms with E-state index < -0.39 is 6.04 Å². The van der Waals surface area contributed by atoms with Gasteiger partial charge in [0.25, 0.3) is 0 Å². The molecule has 1 saturated carbocycles. The number of nitrogens with zero attached hydrogens (tertiary/aromatic N) is 1. The van der Waals surface area contributed by atoms with E-state index in [2.05, 4.69) is 5.32 Å². The maximum atomic E-state index is 12.4. The van der Waals surface area contributed by atoms with Crippen molar-refractivity contribution in [3.63, 3.8) is 0 Å². The largest absolute Gasteiger partial charge is 0.343 e.